The van der Waals surface area contributed by atoms with Crippen molar-refractivity contribution in [2.45, 2.75) is 25.3 Å². The van der Waals surface area contributed by atoms with Crippen LogP contribution in [0.5, 0.6) is 0 Å². The molecule has 0 amide bonds. The van der Waals surface area contributed by atoms with Crippen LogP contribution in [0.3, 0.4) is 0 Å². The highest BCUT2D eigenvalue weighted by atomic mass is 15.1. The molecule has 100 valence electrons. The third kappa shape index (κ3) is 1.95. The molecular weight excluding hydrogens is 246 g/mol. The predicted molar refractivity (Wildman–Crippen MR) is 81.8 cm³/mol. The highest BCUT2D eigenvalue weighted by molar-refractivity contribution is 5.77. The number of imidazole rings is 1. The SMILES string of the molecule is c1ccc2c(c1)CCC[C@H]2Nc1nc2ccccc2[nH]1. The fourth-order valence-electron chi connectivity index (χ4n) is 3.09. The van der Waals surface area contributed by atoms with Gasteiger partial charge in [0.1, 0.15) is 0 Å². The molecule has 1 atom stereocenters. The van der Waals surface area contributed by atoms with E-state index in [1.807, 2.05) is 18.2 Å². The zero-order valence-corrected chi connectivity index (χ0v) is 11.3. The zero-order valence-electron chi connectivity index (χ0n) is 11.3. The van der Waals surface area contributed by atoms with Gasteiger partial charge in [-0.2, -0.15) is 0 Å². The van der Waals surface area contributed by atoms with E-state index in [2.05, 4.69) is 45.6 Å². The molecule has 0 bridgehead atoms. The molecule has 0 unspecified atom stereocenters. The first kappa shape index (κ1) is 11.5. The lowest BCUT2D eigenvalue weighted by Gasteiger charge is -2.26. The number of aromatic nitrogens is 2. The van der Waals surface area contributed by atoms with Crippen molar-refractivity contribution < 1.29 is 0 Å². The molecule has 0 saturated carbocycles. The number of aryl methyl sites for hydroxylation is 1. The van der Waals surface area contributed by atoms with E-state index in [0.717, 1.165) is 23.4 Å². The van der Waals surface area contributed by atoms with E-state index < -0.39 is 0 Å². The molecule has 0 spiro atoms. The van der Waals surface area contributed by atoms with Crippen molar-refractivity contribution in [3.63, 3.8) is 0 Å². The van der Waals surface area contributed by atoms with Crippen molar-refractivity contribution in [3.8, 4) is 0 Å². The minimum atomic E-state index is 0.362. The van der Waals surface area contributed by atoms with Crippen LogP contribution in [0.1, 0.15) is 30.0 Å². The summed E-state index contributed by atoms with van der Waals surface area (Å²) in [4.78, 5) is 7.96. The van der Waals surface area contributed by atoms with Crippen molar-refractivity contribution >= 4 is 17.0 Å². The lowest BCUT2D eigenvalue weighted by atomic mass is 9.88. The van der Waals surface area contributed by atoms with Crippen LogP contribution in [0.4, 0.5) is 5.95 Å². The number of nitrogens with zero attached hydrogens (tertiary/aromatic N) is 1. The van der Waals surface area contributed by atoms with Crippen molar-refractivity contribution in [2.24, 2.45) is 0 Å². The Balaban J connectivity index is 1.66. The number of anilines is 1. The van der Waals surface area contributed by atoms with Gasteiger partial charge in [0.05, 0.1) is 17.1 Å². The Hall–Kier alpha value is -2.29. The van der Waals surface area contributed by atoms with Gasteiger partial charge in [0, 0.05) is 0 Å². The van der Waals surface area contributed by atoms with Gasteiger partial charge >= 0.3 is 0 Å². The Kier molecular flexibility index (Phi) is 2.69. The maximum atomic E-state index is 4.61. The molecule has 2 aromatic carbocycles. The highest BCUT2D eigenvalue weighted by Crippen LogP contribution is 2.32. The molecule has 1 aromatic heterocycles. The Morgan fingerprint density at radius 3 is 2.85 bits per heavy atom. The standard InChI is InChI=1S/C17H17N3/c1-2-8-13-12(6-1)7-5-11-14(13)18-17-19-15-9-3-4-10-16(15)20-17/h1-4,6,8-10,14H,5,7,11H2,(H2,18,19,20)/t14-/m1/s1. The van der Waals surface area contributed by atoms with E-state index in [1.165, 1.54) is 24.0 Å². The number of benzene rings is 2. The van der Waals surface area contributed by atoms with Crippen molar-refractivity contribution in [1.82, 2.24) is 9.97 Å². The van der Waals surface area contributed by atoms with Crippen molar-refractivity contribution in [2.75, 3.05) is 5.32 Å². The van der Waals surface area contributed by atoms with Crippen molar-refractivity contribution in [3.05, 3.63) is 59.7 Å². The minimum Gasteiger partial charge on any atom is -0.349 e. The summed E-state index contributed by atoms with van der Waals surface area (Å²) in [6, 6.07) is 17.2. The average Bonchev–Trinajstić information content (AvgIpc) is 2.90. The third-order valence-corrected chi connectivity index (χ3v) is 4.07. The summed E-state index contributed by atoms with van der Waals surface area (Å²) in [5.41, 5.74) is 4.98. The van der Waals surface area contributed by atoms with E-state index in [0.29, 0.717) is 6.04 Å². The lowest BCUT2D eigenvalue weighted by molar-refractivity contribution is 0.597. The second-order valence-electron chi connectivity index (χ2n) is 5.39. The van der Waals surface area contributed by atoms with Crippen LogP contribution in [0, 0.1) is 0 Å². The van der Waals surface area contributed by atoms with Gasteiger partial charge in [0.25, 0.3) is 0 Å². The second-order valence-corrected chi connectivity index (χ2v) is 5.39. The fraction of sp³-hybridized carbons (Fsp3) is 0.235. The zero-order chi connectivity index (χ0) is 13.4. The number of hydrogen-bond donors (Lipinski definition) is 2. The Morgan fingerprint density at radius 2 is 1.90 bits per heavy atom. The Morgan fingerprint density at radius 1 is 1.05 bits per heavy atom. The molecule has 20 heavy (non-hydrogen) atoms. The lowest BCUT2D eigenvalue weighted by Crippen LogP contribution is -2.17. The van der Waals surface area contributed by atoms with Crippen LogP contribution < -0.4 is 5.32 Å². The number of hydrogen-bond acceptors (Lipinski definition) is 2. The van der Waals surface area contributed by atoms with E-state index in [4.69, 9.17) is 0 Å². The monoisotopic (exact) mass is 263 g/mol. The highest BCUT2D eigenvalue weighted by Gasteiger charge is 2.20. The first-order chi connectivity index (χ1) is 9.90. The predicted octanol–water partition coefficient (Wildman–Crippen LogP) is 4.05. The van der Waals surface area contributed by atoms with Crippen LogP contribution in [0.2, 0.25) is 0 Å². The molecule has 1 aliphatic rings. The summed E-state index contributed by atoms with van der Waals surface area (Å²) in [6.07, 6.45) is 3.58. The minimum absolute atomic E-state index is 0.362. The number of nitrogens with one attached hydrogen (secondary N) is 2. The van der Waals surface area contributed by atoms with E-state index >= 15 is 0 Å². The molecule has 0 saturated heterocycles. The van der Waals surface area contributed by atoms with E-state index in [-0.39, 0.29) is 0 Å². The maximum absolute atomic E-state index is 4.61. The number of H-pyrrole nitrogens is 1. The number of para-hydroxylation sites is 2. The van der Waals surface area contributed by atoms with Crippen LogP contribution in [0.25, 0.3) is 11.0 Å². The van der Waals surface area contributed by atoms with E-state index in [9.17, 15) is 0 Å². The summed E-state index contributed by atoms with van der Waals surface area (Å²) < 4.78 is 0. The topological polar surface area (TPSA) is 40.7 Å². The third-order valence-electron chi connectivity index (χ3n) is 4.07. The first-order valence-electron chi connectivity index (χ1n) is 7.19. The van der Waals surface area contributed by atoms with Crippen LogP contribution >= 0.6 is 0 Å². The summed E-state index contributed by atoms with van der Waals surface area (Å²) in [5.74, 6) is 0.868. The maximum Gasteiger partial charge on any atom is 0.201 e. The molecule has 4 rings (SSSR count). The Bertz CT molecular complexity index is 712. The summed E-state index contributed by atoms with van der Waals surface area (Å²) >= 11 is 0. The number of fused-ring (bicyclic) bond motifs is 2. The molecule has 0 aliphatic heterocycles. The fourth-order valence-corrected chi connectivity index (χ4v) is 3.09. The molecular formula is C17H17N3. The Labute approximate surface area is 118 Å². The average molecular weight is 263 g/mol. The van der Waals surface area contributed by atoms with Gasteiger partial charge in [-0.1, -0.05) is 36.4 Å². The molecule has 3 heteroatoms. The summed E-state index contributed by atoms with van der Waals surface area (Å²) in [5, 5.41) is 3.56. The molecule has 2 N–H and O–H groups in total. The number of rotatable bonds is 2. The molecule has 0 radical (unpaired) electrons. The van der Waals surface area contributed by atoms with Gasteiger partial charge in [-0.05, 0) is 42.5 Å². The quantitative estimate of drug-likeness (QED) is 0.732. The van der Waals surface area contributed by atoms with Gasteiger partial charge in [0.15, 0.2) is 0 Å². The molecule has 1 aliphatic carbocycles. The summed E-state index contributed by atoms with van der Waals surface area (Å²) in [6.45, 7) is 0. The largest absolute Gasteiger partial charge is 0.349 e. The first-order valence-corrected chi connectivity index (χ1v) is 7.19. The molecule has 1 heterocycles. The van der Waals surface area contributed by atoms with Gasteiger partial charge in [-0.25, -0.2) is 4.98 Å². The van der Waals surface area contributed by atoms with Crippen LogP contribution in [-0.4, -0.2) is 9.97 Å². The van der Waals surface area contributed by atoms with Gasteiger partial charge in [0.2, 0.25) is 5.95 Å². The van der Waals surface area contributed by atoms with Gasteiger partial charge in [-0.3, -0.25) is 0 Å². The smallest absolute Gasteiger partial charge is 0.201 e. The van der Waals surface area contributed by atoms with Crippen LogP contribution in [-0.2, 0) is 6.42 Å². The van der Waals surface area contributed by atoms with E-state index in [1.54, 1.807) is 0 Å². The molecule has 3 aromatic rings. The summed E-state index contributed by atoms with van der Waals surface area (Å²) in [7, 11) is 0. The second kappa shape index (κ2) is 4.67. The normalized spacial score (nSPS) is 17.9. The van der Waals surface area contributed by atoms with Gasteiger partial charge in [-0.15, -0.1) is 0 Å². The van der Waals surface area contributed by atoms with Gasteiger partial charge < -0.3 is 10.3 Å². The van der Waals surface area contributed by atoms with Crippen LogP contribution in [0.15, 0.2) is 48.5 Å². The number of aromatic amines is 1. The van der Waals surface area contributed by atoms with Crippen molar-refractivity contribution in [1.29, 1.82) is 0 Å². The molecule has 3 nitrogen and oxygen atoms in total. The molecule has 0 fully saturated rings.